The lowest BCUT2D eigenvalue weighted by atomic mass is 10.0. The van der Waals surface area contributed by atoms with E-state index in [4.69, 9.17) is 0 Å². The fourth-order valence-corrected chi connectivity index (χ4v) is 7.28. The number of rotatable bonds is 8. The van der Waals surface area contributed by atoms with Crippen LogP contribution in [0.3, 0.4) is 0 Å². The average Bonchev–Trinajstić information content (AvgIpc) is 3.22. The molecular weight excluding hydrogens is 629 g/mol. The minimum atomic E-state index is 1.11. The lowest BCUT2D eigenvalue weighted by Crippen LogP contribution is -2.11. The summed E-state index contributed by atoms with van der Waals surface area (Å²) in [6, 6.07) is 73.8. The molecule has 9 aromatic carbocycles. The first-order chi connectivity index (χ1) is 25.8. The van der Waals surface area contributed by atoms with Gasteiger partial charge in [-0.1, -0.05) is 164 Å². The predicted octanol–water partition coefficient (Wildman–Crippen LogP) is 14.3. The summed E-state index contributed by atoms with van der Waals surface area (Å²) in [6.07, 6.45) is 4.38. The number of benzene rings is 9. The van der Waals surface area contributed by atoms with Gasteiger partial charge in [-0.25, -0.2) is 0 Å². The maximum Gasteiger partial charge on any atom is 0.0540 e. The highest BCUT2D eigenvalue weighted by Crippen LogP contribution is 2.42. The van der Waals surface area contributed by atoms with Gasteiger partial charge in [0, 0.05) is 33.2 Å². The average molecular weight is 665 g/mol. The van der Waals surface area contributed by atoms with Crippen LogP contribution in [-0.4, -0.2) is 0 Å². The molecule has 52 heavy (non-hydrogen) atoms. The molecule has 0 N–H and O–H groups in total. The highest BCUT2D eigenvalue weighted by molar-refractivity contribution is 6.05. The molecule has 0 unspecified atom stereocenters. The lowest BCUT2D eigenvalue weighted by molar-refractivity contribution is 1.30. The van der Waals surface area contributed by atoms with Crippen molar-refractivity contribution >= 4 is 78.6 Å². The Labute approximate surface area is 304 Å². The van der Waals surface area contributed by atoms with Gasteiger partial charge in [-0.15, -0.1) is 0 Å². The molecule has 0 aromatic heterocycles. The van der Waals surface area contributed by atoms with Crippen LogP contribution in [0, 0.1) is 0 Å². The van der Waals surface area contributed by atoms with E-state index in [1.807, 2.05) is 0 Å². The molecule has 0 atom stereocenters. The highest BCUT2D eigenvalue weighted by Gasteiger charge is 2.18. The van der Waals surface area contributed by atoms with Crippen LogP contribution in [0.25, 0.3) is 44.5 Å². The van der Waals surface area contributed by atoms with Crippen molar-refractivity contribution in [3.05, 3.63) is 217 Å². The maximum absolute atomic E-state index is 2.39. The molecule has 0 spiro atoms. The molecular formula is C50H36N2. The van der Waals surface area contributed by atoms with Crippen LogP contribution in [0.15, 0.2) is 206 Å². The van der Waals surface area contributed by atoms with E-state index >= 15 is 0 Å². The molecule has 0 heterocycles. The van der Waals surface area contributed by atoms with Gasteiger partial charge in [-0.2, -0.15) is 0 Å². The molecule has 0 aliphatic heterocycles. The van der Waals surface area contributed by atoms with Crippen LogP contribution in [0.1, 0.15) is 11.1 Å². The van der Waals surface area contributed by atoms with Crippen molar-refractivity contribution < 1.29 is 0 Å². The first-order valence-corrected chi connectivity index (χ1v) is 17.8. The molecule has 0 saturated carbocycles. The largest absolute Gasteiger partial charge is 0.310 e. The van der Waals surface area contributed by atoms with E-state index in [1.54, 1.807) is 0 Å². The van der Waals surface area contributed by atoms with Crippen molar-refractivity contribution in [3.63, 3.8) is 0 Å². The van der Waals surface area contributed by atoms with E-state index in [0.717, 1.165) is 45.3 Å². The van der Waals surface area contributed by atoms with Gasteiger partial charge in [0.2, 0.25) is 0 Å². The van der Waals surface area contributed by atoms with Crippen LogP contribution in [-0.2, 0) is 0 Å². The van der Waals surface area contributed by atoms with E-state index in [2.05, 4.69) is 228 Å². The first-order valence-electron chi connectivity index (χ1n) is 17.8. The van der Waals surface area contributed by atoms with Crippen molar-refractivity contribution in [1.82, 2.24) is 0 Å². The minimum absolute atomic E-state index is 1.11. The van der Waals surface area contributed by atoms with Gasteiger partial charge in [0.1, 0.15) is 0 Å². The number of hydrogen-bond acceptors (Lipinski definition) is 2. The maximum atomic E-state index is 2.39. The summed E-state index contributed by atoms with van der Waals surface area (Å²) in [7, 11) is 0. The Morgan fingerprint density at radius 2 is 0.577 bits per heavy atom. The molecule has 246 valence electrons. The van der Waals surface area contributed by atoms with Gasteiger partial charge >= 0.3 is 0 Å². The minimum Gasteiger partial charge on any atom is -0.310 e. The molecule has 0 saturated heterocycles. The van der Waals surface area contributed by atoms with E-state index in [-0.39, 0.29) is 0 Å². The number of nitrogens with zero attached hydrogens (tertiary/aromatic N) is 2. The zero-order chi connectivity index (χ0) is 34.7. The summed E-state index contributed by atoms with van der Waals surface area (Å²) >= 11 is 0. The third kappa shape index (κ3) is 5.97. The van der Waals surface area contributed by atoms with Crippen molar-refractivity contribution in [1.29, 1.82) is 0 Å². The molecule has 0 aliphatic carbocycles. The zero-order valence-electron chi connectivity index (χ0n) is 28.7. The van der Waals surface area contributed by atoms with Gasteiger partial charge < -0.3 is 9.80 Å². The lowest BCUT2D eigenvalue weighted by Gasteiger charge is -2.28. The van der Waals surface area contributed by atoms with Gasteiger partial charge in [-0.05, 0) is 81.9 Å². The SMILES string of the molecule is C(=C\c1ccc(N(c2cccc3ccccc23)c2cccc3ccccc23)cc1)/c1ccc(N(c2ccccc2)c2cccc3ccccc23)cc1. The topological polar surface area (TPSA) is 6.48 Å². The third-order valence-corrected chi connectivity index (χ3v) is 9.81. The molecule has 2 heteroatoms. The monoisotopic (exact) mass is 664 g/mol. The summed E-state index contributed by atoms with van der Waals surface area (Å²) in [4.78, 5) is 4.73. The Balaban J connectivity index is 1.04. The van der Waals surface area contributed by atoms with Crippen LogP contribution in [0.2, 0.25) is 0 Å². The van der Waals surface area contributed by atoms with Crippen LogP contribution in [0.5, 0.6) is 0 Å². The van der Waals surface area contributed by atoms with Crippen molar-refractivity contribution in [2.75, 3.05) is 9.80 Å². The molecule has 0 fully saturated rings. The molecule has 9 aromatic rings. The van der Waals surface area contributed by atoms with Gasteiger partial charge in [0.15, 0.2) is 0 Å². The molecule has 2 nitrogen and oxygen atoms in total. The molecule has 0 bridgehead atoms. The highest BCUT2D eigenvalue weighted by atomic mass is 15.1. The second kappa shape index (κ2) is 13.8. The van der Waals surface area contributed by atoms with Crippen LogP contribution < -0.4 is 9.80 Å². The second-order valence-electron chi connectivity index (χ2n) is 13.0. The van der Waals surface area contributed by atoms with Crippen molar-refractivity contribution in [2.24, 2.45) is 0 Å². The van der Waals surface area contributed by atoms with E-state index in [1.165, 1.54) is 32.3 Å². The van der Waals surface area contributed by atoms with E-state index < -0.39 is 0 Å². The summed E-state index contributed by atoms with van der Waals surface area (Å²) in [5.41, 5.74) is 9.13. The van der Waals surface area contributed by atoms with E-state index in [9.17, 15) is 0 Å². The molecule has 0 amide bonds. The summed E-state index contributed by atoms with van der Waals surface area (Å²) in [6.45, 7) is 0. The van der Waals surface area contributed by atoms with Gasteiger partial charge in [-0.3, -0.25) is 0 Å². The summed E-state index contributed by atoms with van der Waals surface area (Å²) < 4.78 is 0. The standard InChI is InChI=1S/C50H36N2/c1-2-19-42(20-3-1)51(48-24-10-16-39-13-4-7-21-45(39)48)43-33-29-37(30-34-43)27-28-38-31-35-44(36-32-38)52(49-25-11-17-40-14-5-8-22-46(40)49)50-26-12-18-41-15-6-9-23-47(41)50/h1-36H/b28-27+. The Bertz CT molecular complexity index is 2580. The fourth-order valence-electron chi connectivity index (χ4n) is 7.28. The molecule has 0 aliphatic rings. The Hall–Kier alpha value is -6.90. The van der Waals surface area contributed by atoms with Crippen molar-refractivity contribution in [3.8, 4) is 0 Å². The fraction of sp³-hybridized carbons (Fsp3) is 0. The number of hydrogen-bond donors (Lipinski definition) is 0. The van der Waals surface area contributed by atoms with Crippen molar-refractivity contribution in [2.45, 2.75) is 0 Å². The molecule has 0 radical (unpaired) electrons. The quantitative estimate of drug-likeness (QED) is 0.149. The second-order valence-corrected chi connectivity index (χ2v) is 13.0. The Kier molecular flexibility index (Phi) is 8.24. The first kappa shape index (κ1) is 31.1. The van der Waals surface area contributed by atoms with Gasteiger partial charge in [0.25, 0.3) is 0 Å². The van der Waals surface area contributed by atoms with E-state index in [0.29, 0.717) is 0 Å². The summed E-state index contributed by atoms with van der Waals surface area (Å²) in [5.74, 6) is 0. The zero-order valence-corrected chi connectivity index (χ0v) is 28.7. The Morgan fingerprint density at radius 1 is 0.250 bits per heavy atom. The Morgan fingerprint density at radius 3 is 1.02 bits per heavy atom. The normalized spacial score (nSPS) is 11.4. The van der Waals surface area contributed by atoms with Gasteiger partial charge in [0.05, 0.1) is 17.1 Å². The molecule has 9 rings (SSSR count). The van der Waals surface area contributed by atoms with Crippen LogP contribution in [0.4, 0.5) is 34.1 Å². The smallest absolute Gasteiger partial charge is 0.0540 e. The third-order valence-electron chi connectivity index (χ3n) is 9.81. The number of anilines is 6. The number of para-hydroxylation sites is 1. The van der Waals surface area contributed by atoms with Crippen LogP contribution >= 0.6 is 0 Å². The summed E-state index contributed by atoms with van der Waals surface area (Å²) in [5, 5.41) is 7.33. The number of fused-ring (bicyclic) bond motifs is 3. The predicted molar refractivity (Wildman–Crippen MR) is 224 cm³/mol.